The normalized spacial score (nSPS) is 10.0. The maximum Gasteiger partial charge on any atom is 0.319 e. The van der Waals surface area contributed by atoms with Gasteiger partial charge in [0.05, 0.1) is 14.2 Å². The molecule has 0 fully saturated rings. The average molecular weight is 342 g/mol. The first kappa shape index (κ1) is 18.3. The van der Waals surface area contributed by atoms with Crippen molar-refractivity contribution >= 4 is 17.5 Å². The molecule has 2 aromatic rings. The molecule has 0 atom stereocenters. The van der Waals surface area contributed by atoms with Gasteiger partial charge in [-0.1, -0.05) is 18.2 Å². The van der Waals surface area contributed by atoms with Gasteiger partial charge in [0.1, 0.15) is 0 Å². The molecule has 25 heavy (non-hydrogen) atoms. The highest BCUT2D eigenvalue weighted by atomic mass is 16.5. The van der Waals surface area contributed by atoms with E-state index in [1.807, 2.05) is 18.2 Å². The lowest BCUT2D eigenvalue weighted by molar-refractivity contribution is 0.101. The molecule has 6 nitrogen and oxygen atoms in total. The van der Waals surface area contributed by atoms with Crippen LogP contribution in [0.15, 0.2) is 42.5 Å². The molecule has 0 heterocycles. The van der Waals surface area contributed by atoms with Crippen LogP contribution in [0.2, 0.25) is 0 Å². The third-order valence-electron chi connectivity index (χ3n) is 3.67. The van der Waals surface area contributed by atoms with Gasteiger partial charge in [-0.05, 0) is 43.2 Å². The summed E-state index contributed by atoms with van der Waals surface area (Å²) < 4.78 is 10.5. The van der Waals surface area contributed by atoms with Gasteiger partial charge >= 0.3 is 6.03 Å². The summed E-state index contributed by atoms with van der Waals surface area (Å²) in [5, 5.41) is 5.50. The molecule has 0 bridgehead atoms. The van der Waals surface area contributed by atoms with Crippen LogP contribution in [0.3, 0.4) is 0 Å². The fraction of sp³-hybridized carbons (Fsp3) is 0.263. The highest BCUT2D eigenvalue weighted by Gasteiger charge is 2.06. The van der Waals surface area contributed by atoms with Gasteiger partial charge in [-0.15, -0.1) is 0 Å². The molecule has 0 aromatic heterocycles. The van der Waals surface area contributed by atoms with E-state index in [1.165, 1.54) is 6.92 Å². The molecule has 0 saturated carbocycles. The lowest BCUT2D eigenvalue weighted by atomic mass is 10.1. The van der Waals surface area contributed by atoms with Crippen molar-refractivity contribution in [2.24, 2.45) is 0 Å². The lowest BCUT2D eigenvalue weighted by Crippen LogP contribution is -2.30. The highest BCUT2D eigenvalue weighted by molar-refractivity contribution is 5.96. The van der Waals surface area contributed by atoms with E-state index in [0.29, 0.717) is 35.7 Å². The fourth-order valence-electron chi connectivity index (χ4n) is 2.35. The van der Waals surface area contributed by atoms with Gasteiger partial charge in [0.15, 0.2) is 17.3 Å². The van der Waals surface area contributed by atoms with Crippen molar-refractivity contribution in [3.8, 4) is 11.5 Å². The van der Waals surface area contributed by atoms with Crippen molar-refractivity contribution in [1.29, 1.82) is 0 Å². The summed E-state index contributed by atoms with van der Waals surface area (Å²) in [5.41, 5.74) is 2.16. The van der Waals surface area contributed by atoms with Crippen LogP contribution in [0.5, 0.6) is 11.5 Å². The first-order chi connectivity index (χ1) is 12.0. The molecular formula is C19H22N2O4. The number of nitrogens with one attached hydrogen (secondary N) is 2. The van der Waals surface area contributed by atoms with E-state index in [-0.39, 0.29) is 11.8 Å². The maximum absolute atomic E-state index is 12.0. The van der Waals surface area contributed by atoms with Crippen LogP contribution in [0.25, 0.3) is 0 Å². The number of methoxy groups -OCH3 is 2. The summed E-state index contributed by atoms with van der Waals surface area (Å²) in [4.78, 5) is 23.3. The Labute approximate surface area is 147 Å². The molecule has 0 saturated heterocycles. The number of ketones is 1. The third-order valence-corrected chi connectivity index (χ3v) is 3.67. The molecule has 0 aliphatic rings. The second-order valence-corrected chi connectivity index (χ2v) is 5.46. The second-order valence-electron chi connectivity index (χ2n) is 5.46. The van der Waals surface area contributed by atoms with Crippen LogP contribution >= 0.6 is 0 Å². The van der Waals surface area contributed by atoms with Crippen molar-refractivity contribution < 1.29 is 19.1 Å². The Morgan fingerprint density at radius 1 is 1.00 bits per heavy atom. The Morgan fingerprint density at radius 3 is 2.44 bits per heavy atom. The number of ether oxygens (including phenoxy) is 2. The molecular weight excluding hydrogens is 320 g/mol. The van der Waals surface area contributed by atoms with Crippen LogP contribution < -0.4 is 20.1 Å². The molecule has 2 N–H and O–H groups in total. The number of carbonyl (C=O) groups is 2. The number of urea groups is 1. The zero-order valence-electron chi connectivity index (χ0n) is 14.6. The van der Waals surface area contributed by atoms with Gasteiger partial charge in [0, 0.05) is 17.8 Å². The zero-order chi connectivity index (χ0) is 18.2. The molecule has 2 rings (SSSR count). The summed E-state index contributed by atoms with van der Waals surface area (Å²) in [6.45, 7) is 1.95. The van der Waals surface area contributed by atoms with Crippen molar-refractivity contribution in [3.05, 3.63) is 53.6 Å². The Bertz CT molecular complexity index is 759. The lowest BCUT2D eigenvalue weighted by Gasteiger charge is -2.11. The van der Waals surface area contributed by atoms with Gasteiger partial charge in [0.2, 0.25) is 0 Å². The van der Waals surface area contributed by atoms with Gasteiger partial charge in [-0.25, -0.2) is 4.79 Å². The molecule has 132 valence electrons. The summed E-state index contributed by atoms with van der Waals surface area (Å²) in [6, 6.07) is 12.2. The first-order valence-corrected chi connectivity index (χ1v) is 7.90. The molecule has 0 spiro atoms. The van der Waals surface area contributed by atoms with Gasteiger partial charge in [0.25, 0.3) is 0 Å². The number of amides is 2. The standard InChI is InChI=1S/C19H22N2O4/c1-13(22)15-5-4-6-16(12-15)21-19(23)20-10-9-14-7-8-17(24-2)18(11-14)25-3/h4-8,11-12H,9-10H2,1-3H3,(H2,20,21,23). The van der Waals surface area contributed by atoms with Crippen LogP contribution in [-0.2, 0) is 6.42 Å². The number of carbonyl (C=O) groups excluding carboxylic acids is 2. The monoisotopic (exact) mass is 342 g/mol. The summed E-state index contributed by atoms with van der Waals surface area (Å²) >= 11 is 0. The Kier molecular flexibility index (Phi) is 6.39. The van der Waals surface area contributed by atoms with Gasteiger partial charge in [-0.2, -0.15) is 0 Å². The van der Waals surface area contributed by atoms with E-state index in [9.17, 15) is 9.59 Å². The minimum absolute atomic E-state index is 0.0440. The summed E-state index contributed by atoms with van der Waals surface area (Å²) in [6.07, 6.45) is 0.654. The Hall–Kier alpha value is -3.02. The number of benzene rings is 2. The number of rotatable bonds is 7. The van der Waals surface area contributed by atoms with E-state index < -0.39 is 0 Å². The smallest absolute Gasteiger partial charge is 0.319 e. The minimum atomic E-state index is -0.318. The molecule has 0 radical (unpaired) electrons. The van der Waals surface area contributed by atoms with Gasteiger partial charge < -0.3 is 20.1 Å². The third kappa shape index (κ3) is 5.24. The van der Waals surface area contributed by atoms with Crippen LogP contribution in [0.1, 0.15) is 22.8 Å². The first-order valence-electron chi connectivity index (χ1n) is 7.90. The molecule has 0 aliphatic carbocycles. The predicted octanol–water partition coefficient (Wildman–Crippen LogP) is 3.27. The average Bonchev–Trinajstić information content (AvgIpc) is 2.61. The summed E-state index contributed by atoms with van der Waals surface area (Å²) in [7, 11) is 3.17. The highest BCUT2D eigenvalue weighted by Crippen LogP contribution is 2.27. The SMILES string of the molecule is COc1ccc(CCNC(=O)Nc2cccc(C(C)=O)c2)cc1OC. The zero-order valence-corrected chi connectivity index (χ0v) is 14.6. The van der Waals surface area contributed by atoms with Crippen molar-refractivity contribution in [1.82, 2.24) is 5.32 Å². The van der Waals surface area contributed by atoms with E-state index in [2.05, 4.69) is 10.6 Å². The molecule has 2 amide bonds. The van der Waals surface area contributed by atoms with Crippen LogP contribution in [0, 0.1) is 0 Å². The number of hydrogen-bond donors (Lipinski definition) is 2. The quantitative estimate of drug-likeness (QED) is 0.757. The summed E-state index contributed by atoms with van der Waals surface area (Å²) in [5.74, 6) is 1.28. The number of Topliss-reactive ketones (excluding diaryl/α,β-unsaturated/α-hetero) is 1. The second kappa shape index (κ2) is 8.73. The molecule has 6 heteroatoms. The number of anilines is 1. The number of hydrogen-bond acceptors (Lipinski definition) is 4. The molecule has 0 aliphatic heterocycles. The van der Waals surface area contributed by atoms with Crippen LogP contribution in [0.4, 0.5) is 10.5 Å². The van der Waals surface area contributed by atoms with E-state index in [1.54, 1.807) is 38.5 Å². The minimum Gasteiger partial charge on any atom is -0.493 e. The van der Waals surface area contributed by atoms with E-state index >= 15 is 0 Å². The van der Waals surface area contributed by atoms with Crippen LogP contribution in [-0.4, -0.2) is 32.6 Å². The van der Waals surface area contributed by atoms with E-state index in [4.69, 9.17) is 9.47 Å². The van der Waals surface area contributed by atoms with Crippen molar-refractivity contribution in [3.63, 3.8) is 0 Å². The molecule has 0 unspecified atom stereocenters. The topological polar surface area (TPSA) is 76.7 Å². The van der Waals surface area contributed by atoms with Crippen molar-refractivity contribution in [2.45, 2.75) is 13.3 Å². The largest absolute Gasteiger partial charge is 0.493 e. The fourth-order valence-corrected chi connectivity index (χ4v) is 2.35. The van der Waals surface area contributed by atoms with Crippen molar-refractivity contribution in [2.75, 3.05) is 26.1 Å². The van der Waals surface area contributed by atoms with Gasteiger partial charge in [-0.3, -0.25) is 4.79 Å². The maximum atomic E-state index is 12.0. The van der Waals surface area contributed by atoms with E-state index in [0.717, 1.165) is 5.56 Å². The Balaban J connectivity index is 1.86. The Morgan fingerprint density at radius 2 is 1.76 bits per heavy atom. The predicted molar refractivity (Wildman–Crippen MR) is 96.7 cm³/mol. The molecule has 2 aromatic carbocycles.